The van der Waals surface area contributed by atoms with E-state index < -0.39 is 0 Å². The molecule has 0 amide bonds. The highest BCUT2D eigenvalue weighted by Gasteiger charge is 2.23. The smallest absolute Gasteiger partial charge is 0.317 e. The Bertz CT molecular complexity index is 927. The van der Waals surface area contributed by atoms with Gasteiger partial charge in [0.25, 0.3) is 0 Å². The lowest BCUT2D eigenvalue weighted by Gasteiger charge is -2.21. The summed E-state index contributed by atoms with van der Waals surface area (Å²) in [5, 5.41) is 11.0. The van der Waals surface area contributed by atoms with E-state index in [0.29, 0.717) is 19.0 Å². The van der Waals surface area contributed by atoms with Gasteiger partial charge in [-0.3, -0.25) is 4.57 Å². The third-order valence-corrected chi connectivity index (χ3v) is 5.80. The maximum absolute atomic E-state index is 12.8. The lowest BCUT2D eigenvalue weighted by molar-refractivity contribution is 0.429. The average Bonchev–Trinajstić information content (AvgIpc) is 3.28. The van der Waals surface area contributed by atoms with E-state index in [1.807, 2.05) is 35.1 Å². The molecule has 144 valence electrons. The molecule has 3 heterocycles. The Morgan fingerprint density at radius 1 is 1.22 bits per heavy atom. The third kappa shape index (κ3) is 4.15. The zero-order chi connectivity index (χ0) is 17.9. The zero-order valence-corrected chi connectivity index (χ0v) is 16.9. The van der Waals surface area contributed by atoms with Crippen LogP contribution in [0.1, 0.15) is 37.2 Å². The van der Waals surface area contributed by atoms with E-state index in [-0.39, 0.29) is 18.1 Å². The Morgan fingerprint density at radius 2 is 1.96 bits per heavy atom. The Labute approximate surface area is 168 Å². The van der Waals surface area contributed by atoms with Gasteiger partial charge in [0.1, 0.15) is 10.8 Å². The van der Waals surface area contributed by atoms with Crippen LogP contribution in [-0.4, -0.2) is 32.4 Å². The van der Waals surface area contributed by atoms with Crippen LogP contribution in [0, 0.1) is 0 Å². The summed E-state index contributed by atoms with van der Waals surface area (Å²) in [5.41, 5.74) is 1.95. The maximum Gasteiger partial charge on any atom is 0.346 e. The molecule has 0 aliphatic carbocycles. The Kier molecular flexibility index (Phi) is 6.46. The fraction of sp³-hybridized carbons (Fsp3) is 0.421. The van der Waals surface area contributed by atoms with Gasteiger partial charge in [-0.1, -0.05) is 30.3 Å². The van der Waals surface area contributed by atoms with E-state index in [0.717, 1.165) is 48.0 Å². The summed E-state index contributed by atoms with van der Waals surface area (Å²) < 4.78 is 3.39. The van der Waals surface area contributed by atoms with Crippen LogP contribution < -0.4 is 11.0 Å². The van der Waals surface area contributed by atoms with Crippen LogP contribution in [0.25, 0.3) is 10.6 Å². The number of halogens is 1. The molecule has 1 saturated heterocycles. The van der Waals surface area contributed by atoms with Crippen molar-refractivity contribution in [3.05, 3.63) is 57.7 Å². The molecule has 0 saturated carbocycles. The lowest BCUT2D eigenvalue weighted by Crippen LogP contribution is -2.29. The van der Waals surface area contributed by atoms with Crippen molar-refractivity contribution in [1.82, 2.24) is 24.6 Å². The fourth-order valence-electron chi connectivity index (χ4n) is 3.49. The molecule has 1 aliphatic heterocycles. The molecule has 3 aromatic rings. The van der Waals surface area contributed by atoms with Gasteiger partial charge in [-0.25, -0.2) is 14.5 Å². The van der Waals surface area contributed by atoms with Gasteiger partial charge in [-0.2, -0.15) is 5.10 Å². The number of thiazole rings is 1. The molecule has 4 rings (SSSR count). The molecule has 2 aromatic heterocycles. The number of rotatable bonds is 5. The molecule has 1 aromatic carbocycles. The van der Waals surface area contributed by atoms with Gasteiger partial charge in [-0.05, 0) is 32.9 Å². The monoisotopic (exact) mass is 405 g/mol. The lowest BCUT2D eigenvalue weighted by atomic mass is 9.97. The largest absolute Gasteiger partial charge is 0.346 e. The van der Waals surface area contributed by atoms with Crippen molar-refractivity contribution in [3.63, 3.8) is 0 Å². The quantitative estimate of drug-likeness (QED) is 0.708. The molecule has 1 aliphatic rings. The second kappa shape index (κ2) is 8.82. The van der Waals surface area contributed by atoms with E-state index in [9.17, 15) is 4.79 Å². The SMILES string of the molecule is CCn1c(C2CCNCC2)nn(Cc2csc(-c3ccccc3)n2)c1=O.Cl. The highest BCUT2D eigenvalue weighted by atomic mass is 35.5. The number of hydrogen-bond donors (Lipinski definition) is 1. The molecule has 1 N–H and O–H groups in total. The predicted molar refractivity (Wildman–Crippen MR) is 111 cm³/mol. The van der Waals surface area contributed by atoms with Gasteiger partial charge in [0.2, 0.25) is 0 Å². The van der Waals surface area contributed by atoms with Crippen LogP contribution >= 0.6 is 23.7 Å². The third-order valence-electron chi connectivity index (χ3n) is 4.86. The summed E-state index contributed by atoms with van der Waals surface area (Å²) in [4.78, 5) is 17.5. The van der Waals surface area contributed by atoms with Gasteiger partial charge >= 0.3 is 5.69 Å². The predicted octanol–water partition coefficient (Wildman–Crippen LogP) is 3.13. The molecule has 0 unspecified atom stereocenters. The first-order valence-corrected chi connectivity index (χ1v) is 10.0. The number of nitrogens with one attached hydrogen (secondary N) is 1. The summed E-state index contributed by atoms with van der Waals surface area (Å²) >= 11 is 1.60. The van der Waals surface area contributed by atoms with Crippen LogP contribution in [0.2, 0.25) is 0 Å². The van der Waals surface area contributed by atoms with E-state index in [2.05, 4.69) is 22.5 Å². The molecular formula is C19H24ClN5OS. The molecule has 0 atom stereocenters. The Balaban J connectivity index is 0.00000210. The summed E-state index contributed by atoms with van der Waals surface area (Å²) in [6.45, 7) is 5.07. The first kappa shape index (κ1) is 19.8. The minimum Gasteiger partial charge on any atom is -0.317 e. The topological polar surface area (TPSA) is 64.7 Å². The molecule has 8 heteroatoms. The second-order valence-corrected chi connectivity index (χ2v) is 7.44. The minimum absolute atomic E-state index is 0. The number of piperidine rings is 1. The van der Waals surface area contributed by atoms with Crippen molar-refractivity contribution in [2.45, 2.75) is 38.8 Å². The molecule has 1 fully saturated rings. The van der Waals surface area contributed by atoms with Crippen LogP contribution in [0.5, 0.6) is 0 Å². The highest BCUT2D eigenvalue weighted by molar-refractivity contribution is 7.13. The van der Waals surface area contributed by atoms with Crippen LogP contribution in [0.3, 0.4) is 0 Å². The van der Waals surface area contributed by atoms with Crippen LogP contribution in [-0.2, 0) is 13.1 Å². The summed E-state index contributed by atoms with van der Waals surface area (Å²) in [5.74, 6) is 1.29. The van der Waals surface area contributed by atoms with Gasteiger partial charge in [0.05, 0.1) is 12.2 Å². The number of benzene rings is 1. The first-order valence-electron chi connectivity index (χ1n) is 9.14. The minimum atomic E-state index is -0.0321. The second-order valence-electron chi connectivity index (χ2n) is 6.58. The van der Waals surface area contributed by atoms with Crippen LogP contribution in [0.15, 0.2) is 40.5 Å². The Hall–Kier alpha value is -1.96. The highest BCUT2D eigenvalue weighted by Crippen LogP contribution is 2.25. The van der Waals surface area contributed by atoms with Crippen molar-refractivity contribution in [2.75, 3.05) is 13.1 Å². The average molecular weight is 406 g/mol. The number of nitrogens with zero attached hydrogens (tertiary/aromatic N) is 4. The molecule has 0 radical (unpaired) electrons. The molecule has 27 heavy (non-hydrogen) atoms. The van der Waals surface area contributed by atoms with Crippen molar-refractivity contribution in [2.24, 2.45) is 0 Å². The maximum atomic E-state index is 12.8. The van der Waals surface area contributed by atoms with E-state index in [1.165, 1.54) is 0 Å². The molecule has 0 spiro atoms. The molecular weight excluding hydrogens is 382 g/mol. The van der Waals surface area contributed by atoms with E-state index >= 15 is 0 Å². The molecule has 0 bridgehead atoms. The number of aromatic nitrogens is 4. The van der Waals surface area contributed by atoms with Gasteiger partial charge in [0, 0.05) is 23.4 Å². The van der Waals surface area contributed by atoms with Gasteiger partial charge < -0.3 is 5.32 Å². The van der Waals surface area contributed by atoms with Crippen molar-refractivity contribution in [1.29, 1.82) is 0 Å². The summed E-state index contributed by atoms with van der Waals surface area (Å²) in [7, 11) is 0. The first-order chi connectivity index (χ1) is 12.8. The normalized spacial score (nSPS) is 14.9. The summed E-state index contributed by atoms with van der Waals surface area (Å²) in [6, 6.07) is 10.1. The molecule has 6 nitrogen and oxygen atoms in total. The van der Waals surface area contributed by atoms with Crippen molar-refractivity contribution >= 4 is 23.7 Å². The van der Waals surface area contributed by atoms with E-state index in [1.54, 1.807) is 16.0 Å². The van der Waals surface area contributed by atoms with Gasteiger partial charge in [0.15, 0.2) is 0 Å². The zero-order valence-electron chi connectivity index (χ0n) is 15.3. The van der Waals surface area contributed by atoms with Crippen molar-refractivity contribution in [3.8, 4) is 10.6 Å². The number of hydrogen-bond acceptors (Lipinski definition) is 5. The van der Waals surface area contributed by atoms with Gasteiger partial charge in [-0.15, -0.1) is 23.7 Å². The van der Waals surface area contributed by atoms with Crippen LogP contribution in [0.4, 0.5) is 0 Å². The fourth-order valence-corrected chi connectivity index (χ4v) is 4.30. The summed E-state index contributed by atoms with van der Waals surface area (Å²) in [6.07, 6.45) is 2.07. The van der Waals surface area contributed by atoms with Crippen molar-refractivity contribution < 1.29 is 0 Å². The Morgan fingerprint density at radius 3 is 2.67 bits per heavy atom. The standard InChI is InChI=1S/C19H23N5OS.ClH/c1-2-23-17(14-8-10-20-11-9-14)22-24(19(23)25)12-16-13-26-18(21-16)15-6-4-3-5-7-15;/h3-7,13-14,20H,2,8-12H2,1H3;1H. The van der Waals surface area contributed by atoms with E-state index in [4.69, 9.17) is 4.98 Å².